The first-order valence-corrected chi connectivity index (χ1v) is 9.00. The van der Waals surface area contributed by atoms with E-state index in [2.05, 4.69) is 5.32 Å². The number of amides is 2. The standard InChI is InChI=1S/C19H20ClN3O4/c1-22-11-13(18(25)23-8-2-3-9-23)10-16(19(22)26)21-17(24)12-27-15-6-4-14(20)5-7-15/h4-7,10-11H,2-3,8-9,12H2,1H3,(H,21,24). The van der Waals surface area contributed by atoms with Gasteiger partial charge in [0.15, 0.2) is 6.61 Å². The van der Waals surface area contributed by atoms with Gasteiger partial charge in [-0.2, -0.15) is 0 Å². The third-order valence-electron chi connectivity index (χ3n) is 4.28. The van der Waals surface area contributed by atoms with Crippen molar-refractivity contribution in [2.45, 2.75) is 12.8 Å². The Morgan fingerprint density at radius 3 is 2.52 bits per heavy atom. The molecule has 0 aliphatic carbocycles. The lowest BCUT2D eigenvalue weighted by atomic mass is 10.2. The molecule has 27 heavy (non-hydrogen) atoms. The molecule has 8 heteroatoms. The van der Waals surface area contributed by atoms with Crippen molar-refractivity contribution in [3.63, 3.8) is 0 Å². The first-order valence-electron chi connectivity index (χ1n) is 8.62. The summed E-state index contributed by atoms with van der Waals surface area (Å²) in [6, 6.07) is 8.01. The summed E-state index contributed by atoms with van der Waals surface area (Å²) in [6.45, 7) is 1.14. The maximum Gasteiger partial charge on any atom is 0.274 e. The molecule has 1 aromatic carbocycles. The summed E-state index contributed by atoms with van der Waals surface area (Å²) in [5.41, 5.74) is 0.0213. The summed E-state index contributed by atoms with van der Waals surface area (Å²) in [5.74, 6) is -0.149. The monoisotopic (exact) mass is 389 g/mol. The highest BCUT2D eigenvalue weighted by Crippen LogP contribution is 2.16. The fraction of sp³-hybridized carbons (Fsp3) is 0.316. The molecule has 3 rings (SSSR count). The molecule has 2 heterocycles. The van der Waals surface area contributed by atoms with Gasteiger partial charge in [0.05, 0.1) is 5.56 Å². The number of pyridine rings is 1. The van der Waals surface area contributed by atoms with E-state index in [1.807, 2.05) is 0 Å². The van der Waals surface area contributed by atoms with Crippen LogP contribution in [-0.2, 0) is 11.8 Å². The molecule has 0 atom stereocenters. The van der Waals surface area contributed by atoms with Crippen LogP contribution in [0.5, 0.6) is 5.75 Å². The van der Waals surface area contributed by atoms with Gasteiger partial charge in [-0.05, 0) is 43.2 Å². The Labute approximate surface area is 161 Å². The lowest BCUT2D eigenvalue weighted by Crippen LogP contribution is -2.31. The molecule has 0 bridgehead atoms. The van der Waals surface area contributed by atoms with Gasteiger partial charge in [-0.25, -0.2) is 0 Å². The second-order valence-corrected chi connectivity index (χ2v) is 6.79. The third kappa shape index (κ3) is 4.68. The van der Waals surface area contributed by atoms with Crippen LogP contribution < -0.4 is 15.6 Å². The first-order chi connectivity index (χ1) is 12.9. The number of anilines is 1. The Morgan fingerprint density at radius 1 is 1.19 bits per heavy atom. The second-order valence-electron chi connectivity index (χ2n) is 6.35. The van der Waals surface area contributed by atoms with Gasteiger partial charge in [0.1, 0.15) is 11.4 Å². The molecular formula is C19H20ClN3O4. The fourth-order valence-electron chi connectivity index (χ4n) is 2.89. The summed E-state index contributed by atoms with van der Waals surface area (Å²) in [7, 11) is 1.54. The van der Waals surface area contributed by atoms with Crippen LogP contribution in [0.15, 0.2) is 41.3 Å². The highest BCUT2D eigenvalue weighted by molar-refractivity contribution is 6.30. The van der Waals surface area contributed by atoms with Crippen LogP contribution >= 0.6 is 11.6 Å². The fourth-order valence-corrected chi connectivity index (χ4v) is 3.01. The van der Waals surface area contributed by atoms with Crippen molar-refractivity contribution in [2.75, 3.05) is 25.0 Å². The maximum absolute atomic E-state index is 12.5. The minimum Gasteiger partial charge on any atom is -0.484 e. The van der Waals surface area contributed by atoms with E-state index in [1.54, 1.807) is 36.2 Å². The molecule has 0 saturated carbocycles. The van der Waals surface area contributed by atoms with Gasteiger partial charge in [-0.15, -0.1) is 0 Å². The summed E-state index contributed by atoms with van der Waals surface area (Å²) in [5, 5.41) is 3.09. The second kappa shape index (κ2) is 8.26. The van der Waals surface area contributed by atoms with Crippen LogP contribution in [0.25, 0.3) is 0 Å². The Bertz CT molecular complexity index is 902. The number of hydrogen-bond acceptors (Lipinski definition) is 4. The number of ether oxygens (including phenoxy) is 1. The minimum absolute atomic E-state index is 0.0484. The van der Waals surface area contributed by atoms with Crippen LogP contribution in [0.3, 0.4) is 0 Å². The van der Waals surface area contributed by atoms with Crippen LogP contribution in [0, 0.1) is 0 Å². The molecule has 0 spiro atoms. The molecule has 142 valence electrons. The largest absolute Gasteiger partial charge is 0.484 e. The van der Waals surface area contributed by atoms with Crippen LogP contribution in [0.2, 0.25) is 5.02 Å². The number of likely N-dealkylation sites (tertiary alicyclic amines) is 1. The quantitative estimate of drug-likeness (QED) is 0.850. The average Bonchev–Trinajstić information content (AvgIpc) is 3.19. The molecule has 1 saturated heterocycles. The number of nitrogens with zero attached hydrogens (tertiary/aromatic N) is 2. The van der Waals surface area contributed by atoms with Gasteiger partial charge >= 0.3 is 0 Å². The van der Waals surface area contributed by atoms with E-state index < -0.39 is 11.5 Å². The van der Waals surface area contributed by atoms with Crippen molar-refractivity contribution in [1.82, 2.24) is 9.47 Å². The normalized spacial score (nSPS) is 13.5. The van der Waals surface area contributed by atoms with E-state index in [0.29, 0.717) is 29.4 Å². The number of nitrogens with one attached hydrogen (secondary N) is 1. The highest BCUT2D eigenvalue weighted by atomic mass is 35.5. The molecule has 1 aliphatic rings. The molecule has 2 aromatic rings. The zero-order valence-electron chi connectivity index (χ0n) is 14.9. The minimum atomic E-state index is -0.493. The van der Waals surface area contributed by atoms with Gasteiger partial charge < -0.3 is 19.5 Å². The molecular weight excluding hydrogens is 370 g/mol. The maximum atomic E-state index is 12.5. The third-order valence-corrected chi connectivity index (χ3v) is 4.53. The summed E-state index contributed by atoms with van der Waals surface area (Å²) < 4.78 is 6.66. The van der Waals surface area contributed by atoms with Crippen molar-refractivity contribution < 1.29 is 14.3 Å². The number of aromatic nitrogens is 1. The predicted molar refractivity (Wildman–Crippen MR) is 102 cm³/mol. The van der Waals surface area contributed by atoms with Crippen LogP contribution in [-0.4, -0.2) is 41.0 Å². The molecule has 0 radical (unpaired) electrons. The number of hydrogen-bond donors (Lipinski definition) is 1. The van der Waals surface area contributed by atoms with E-state index in [9.17, 15) is 14.4 Å². The van der Waals surface area contributed by atoms with Gasteiger partial charge in [0.2, 0.25) is 0 Å². The molecule has 0 unspecified atom stereocenters. The molecule has 7 nitrogen and oxygen atoms in total. The van der Waals surface area contributed by atoms with E-state index in [4.69, 9.17) is 16.3 Å². The average molecular weight is 390 g/mol. The predicted octanol–water partition coefficient (Wildman–Crippen LogP) is 2.29. The number of benzene rings is 1. The Kier molecular flexibility index (Phi) is 5.81. The lowest BCUT2D eigenvalue weighted by Gasteiger charge is -2.16. The van der Waals surface area contributed by atoms with E-state index in [-0.39, 0.29) is 18.2 Å². The Hall–Kier alpha value is -2.80. The highest BCUT2D eigenvalue weighted by Gasteiger charge is 2.21. The summed E-state index contributed by atoms with van der Waals surface area (Å²) >= 11 is 5.80. The lowest BCUT2D eigenvalue weighted by molar-refractivity contribution is -0.118. The molecule has 1 N–H and O–H groups in total. The van der Waals surface area contributed by atoms with Crippen molar-refractivity contribution in [2.24, 2.45) is 7.05 Å². The summed E-state index contributed by atoms with van der Waals surface area (Å²) in [4.78, 5) is 38.7. The molecule has 1 fully saturated rings. The molecule has 2 amide bonds. The smallest absolute Gasteiger partial charge is 0.274 e. The Morgan fingerprint density at radius 2 is 1.85 bits per heavy atom. The van der Waals surface area contributed by atoms with Crippen molar-refractivity contribution in [3.8, 4) is 5.75 Å². The SMILES string of the molecule is Cn1cc(C(=O)N2CCCC2)cc(NC(=O)COc2ccc(Cl)cc2)c1=O. The number of aryl methyl sites for hydroxylation is 1. The van der Waals surface area contributed by atoms with Gasteiger partial charge in [-0.3, -0.25) is 14.4 Å². The van der Waals surface area contributed by atoms with Gasteiger partial charge in [0, 0.05) is 31.4 Å². The first kappa shape index (κ1) is 19.0. The van der Waals surface area contributed by atoms with Crippen molar-refractivity contribution in [3.05, 3.63) is 57.5 Å². The van der Waals surface area contributed by atoms with E-state index in [0.717, 1.165) is 12.8 Å². The number of carbonyl (C=O) groups is 2. The van der Waals surface area contributed by atoms with E-state index in [1.165, 1.54) is 16.8 Å². The number of carbonyl (C=O) groups excluding carboxylic acids is 2. The topological polar surface area (TPSA) is 80.6 Å². The van der Waals surface area contributed by atoms with E-state index >= 15 is 0 Å². The zero-order chi connectivity index (χ0) is 19.4. The van der Waals surface area contributed by atoms with Crippen molar-refractivity contribution >= 4 is 29.1 Å². The van der Waals surface area contributed by atoms with Crippen molar-refractivity contribution in [1.29, 1.82) is 0 Å². The summed E-state index contributed by atoms with van der Waals surface area (Å²) in [6.07, 6.45) is 3.44. The van der Waals surface area contributed by atoms with Crippen LogP contribution in [0.1, 0.15) is 23.2 Å². The van der Waals surface area contributed by atoms with Gasteiger partial charge in [0.25, 0.3) is 17.4 Å². The zero-order valence-corrected chi connectivity index (χ0v) is 15.7. The van der Waals surface area contributed by atoms with Gasteiger partial charge in [-0.1, -0.05) is 11.6 Å². The number of halogens is 1. The molecule has 1 aliphatic heterocycles. The van der Waals surface area contributed by atoms with Crippen LogP contribution in [0.4, 0.5) is 5.69 Å². The molecule has 1 aromatic heterocycles. The Balaban J connectivity index is 1.69. The number of rotatable bonds is 5.